The van der Waals surface area contributed by atoms with E-state index in [0.29, 0.717) is 11.8 Å². The minimum absolute atomic E-state index is 0.275. The minimum Gasteiger partial charge on any atom is -0.490 e. The van der Waals surface area contributed by atoms with Crippen molar-refractivity contribution in [3.05, 3.63) is 30.3 Å². The van der Waals surface area contributed by atoms with Crippen LogP contribution in [0.5, 0.6) is 5.75 Å². The van der Waals surface area contributed by atoms with Crippen LogP contribution in [0.1, 0.15) is 27.7 Å². The van der Waals surface area contributed by atoms with Gasteiger partial charge in [0.15, 0.2) is 0 Å². The molecule has 0 aliphatic heterocycles. The molecule has 0 bridgehead atoms. The van der Waals surface area contributed by atoms with Crippen molar-refractivity contribution in [1.82, 2.24) is 0 Å². The number of hydrogen-bond donors (Lipinski definition) is 0. The van der Waals surface area contributed by atoms with E-state index in [2.05, 4.69) is 27.7 Å². The molecule has 14 heavy (non-hydrogen) atoms. The molecule has 0 radical (unpaired) electrons. The van der Waals surface area contributed by atoms with Gasteiger partial charge in [-0.15, -0.1) is 0 Å². The Morgan fingerprint density at radius 2 is 1.50 bits per heavy atom. The standard InChI is InChI=1S/C13H20O/c1-10(2)11(3)12(4)14-13-8-6-5-7-9-13/h5-12H,1-4H3/t11-,12?/m1/s1. The third kappa shape index (κ3) is 3.06. The summed E-state index contributed by atoms with van der Waals surface area (Å²) in [4.78, 5) is 0. The number of hydrogen-bond acceptors (Lipinski definition) is 1. The Kier molecular flexibility index (Phi) is 3.99. The van der Waals surface area contributed by atoms with Gasteiger partial charge in [-0.3, -0.25) is 0 Å². The first kappa shape index (κ1) is 11.1. The molecule has 1 aromatic rings. The van der Waals surface area contributed by atoms with Crippen molar-refractivity contribution >= 4 is 0 Å². The zero-order valence-corrected chi connectivity index (χ0v) is 9.53. The van der Waals surface area contributed by atoms with Gasteiger partial charge in [-0.2, -0.15) is 0 Å². The summed E-state index contributed by atoms with van der Waals surface area (Å²) in [6.07, 6.45) is 0.275. The van der Waals surface area contributed by atoms with Crippen LogP contribution in [0.15, 0.2) is 30.3 Å². The molecule has 1 unspecified atom stereocenters. The van der Waals surface area contributed by atoms with Gasteiger partial charge < -0.3 is 4.74 Å². The summed E-state index contributed by atoms with van der Waals surface area (Å²) in [7, 11) is 0. The lowest BCUT2D eigenvalue weighted by molar-refractivity contribution is 0.132. The molecular formula is C13H20O. The molecule has 0 aliphatic carbocycles. The average Bonchev–Trinajstić information content (AvgIpc) is 2.18. The van der Waals surface area contributed by atoms with Crippen LogP contribution in [-0.2, 0) is 0 Å². The van der Waals surface area contributed by atoms with Crippen LogP contribution in [0, 0.1) is 11.8 Å². The summed E-state index contributed by atoms with van der Waals surface area (Å²) < 4.78 is 5.84. The highest BCUT2D eigenvalue weighted by Crippen LogP contribution is 2.20. The van der Waals surface area contributed by atoms with Gasteiger partial charge >= 0.3 is 0 Å². The smallest absolute Gasteiger partial charge is 0.119 e. The lowest BCUT2D eigenvalue weighted by atomic mass is 9.93. The van der Waals surface area contributed by atoms with E-state index in [1.807, 2.05) is 30.3 Å². The van der Waals surface area contributed by atoms with Crippen molar-refractivity contribution in [3.63, 3.8) is 0 Å². The van der Waals surface area contributed by atoms with Gasteiger partial charge in [-0.05, 0) is 30.9 Å². The molecule has 1 aromatic carbocycles. The van der Waals surface area contributed by atoms with Gasteiger partial charge in [0.2, 0.25) is 0 Å². The molecular weight excluding hydrogens is 172 g/mol. The van der Waals surface area contributed by atoms with Gasteiger partial charge in [0, 0.05) is 0 Å². The third-order valence-corrected chi connectivity index (χ3v) is 2.86. The van der Waals surface area contributed by atoms with Gasteiger partial charge in [-0.25, -0.2) is 0 Å². The molecule has 78 valence electrons. The van der Waals surface area contributed by atoms with Gasteiger partial charge in [0.05, 0.1) is 6.10 Å². The number of ether oxygens (including phenoxy) is 1. The van der Waals surface area contributed by atoms with Gasteiger partial charge in [0.1, 0.15) is 5.75 Å². The number of para-hydroxylation sites is 1. The Hall–Kier alpha value is -0.980. The highest BCUT2D eigenvalue weighted by atomic mass is 16.5. The second-order valence-corrected chi connectivity index (χ2v) is 4.24. The van der Waals surface area contributed by atoms with E-state index < -0.39 is 0 Å². The molecule has 0 N–H and O–H groups in total. The molecule has 0 amide bonds. The summed E-state index contributed by atoms with van der Waals surface area (Å²) >= 11 is 0. The van der Waals surface area contributed by atoms with Crippen molar-refractivity contribution in [2.75, 3.05) is 0 Å². The quantitative estimate of drug-likeness (QED) is 0.706. The maximum atomic E-state index is 5.84. The molecule has 0 heterocycles. The van der Waals surface area contributed by atoms with Crippen LogP contribution in [0.3, 0.4) is 0 Å². The minimum atomic E-state index is 0.275. The first-order valence-electron chi connectivity index (χ1n) is 5.33. The summed E-state index contributed by atoms with van der Waals surface area (Å²) in [5.41, 5.74) is 0. The fraction of sp³-hybridized carbons (Fsp3) is 0.538. The number of benzene rings is 1. The van der Waals surface area contributed by atoms with Gasteiger partial charge in [-0.1, -0.05) is 39.0 Å². The topological polar surface area (TPSA) is 9.23 Å². The lowest BCUT2D eigenvalue weighted by Crippen LogP contribution is -2.25. The van der Waals surface area contributed by atoms with E-state index in [9.17, 15) is 0 Å². The fourth-order valence-electron chi connectivity index (χ4n) is 1.36. The zero-order valence-electron chi connectivity index (χ0n) is 9.53. The molecule has 0 saturated carbocycles. The SMILES string of the molecule is CC(C)[C@@H](C)C(C)Oc1ccccc1. The molecule has 0 aromatic heterocycles. The first-order chi connectivity index (χ1) is 6.61. The van der Waals surface area contributed by atoms with Crippen LogP contribution in [0.2, 0.25) is 0 Å². The summed E-state index contributed by atoms with van der Waals surface area (Å²) in [5.74, 6) is 2.21. The van der Waals surface area contributed by atoms with Crippen molar-refractivity contribution in [1.29, 1.82) is 0 Å². The molecule has 1 rings (SSSR count). The maximum absolute atomic E-state index is 5.84. The Labute approximate surface area is 87.1 Å². The molecule has 1 nitrogen and oxygen atoms in total. The van der Waals surface area contributed by atoms with E-state index >= 15 is 0 Å². The molecule has 1 heteroatoms. The average molecular weight is 192 g/mol. The van der Waals surface area contributed by atoms with Crippen LogP contribution in [-0.4, -0.2) is 6.10 Å². The summed E-state index contributed by atoms with van der Waals surface area (Å²) in [6.45, 7) is 8.83. The molecule has 0 fully saturated rings. The van der Waals surface area contributed by atoms with E-state index in [4.69, 9.17) is 4.74 Å². The van der Waals surface area contributed by atoms with Gasteiger partial charge in [0.25, 0.3) is 0 Å². The van der Waals surface area contributed by atoms with E-state index in [1.54, 1.807) is 0 Å². The van der Waals surface area contributed by atoms with Crippen LogP contribution in [0.25, 0.3) is 0 Å². The third-order valence-electron chi connectivity index (χ3n) is 2.86. The zero-order chi connectivity index (χ0) is 10.6. The van der Waals surface area contributed by atoms with Crippen LogP contribution in [0.4, 0.5) is 0 Å². The van der Waals surface area contributed by atoms with Crippen molar-refractivity contribution in [3.8, 4) is 5.75 Å². The van der Waals surface area contributed by atoms with Crippen LogP contribution >= 0.6 is 0 Å². The number of rotatable bonds is 4. The Morgan fingerprint density at radius 1 is 0.929 bits per heavy atom. The highest BCUT2D eigenvalue weighted by molar-refractivity contribution is 5.21. The van der Waals surface area contributed by atoms with E-state index in [-0.39, 0.29) is 6.10 Å². The highest BCUT2D eigenvalue weighted by Gasteiger charge is 2.16. The normalized spacial score (nSPS) is 15.2. The van der Waals surface area contributed by atoms with E-state index in [1.165, 1.54) is 0 Å². The predicted octanol–water partition coefficient (Wildman–Crippen LogP) is 3.75. The Morgan fingerprint density at radius 3 is 2.00 bits per heavy atom. The molecule has 0 spiro atoms. The van der Waals surface area contributed by atoms with Crippen molar-refractivity contribution in [2.24, 2.45) is 11.8 Å². The first-order valence-corrected chi connectivity index (χ1v) is 5.33. The molecule has 0 saturated heterocycles. The molecule has 2 atom stereocenters. The Bertz CT molecular complexity index is 253. The maximum Gasteiger partial charge on any atom is 0.119 e. The second-order valence-electron chi connectivity index (χ2n) is 4.24. The summed E-state index contributed by atoms with van der Waals surface area (Å²) in [6, 6.07) is 10.0. The largest absolute Gasteiger partial charge is 0.490 e. The predicted molar refractivity (Wildman–Crippen MR) is 60.5 cm³/mol. The molecule has 0 aliphatic rings. The van der Waals surface area contributed by atoms with E-state index in [0.717, 1.165) is 5.75 Å². The van der Waals surface area contributed by atoms with Crippen LogP contribution < -0.4 is 4.74 Å². The second kappa shape index (κ2) is 5.04. The fourth-order valence-corrected chi connectivity index (χ4v) is 1.36. The lowest BCUT2D eigenvalue weighted by Gasteiger charge is -2.24. The Balaban J connectivity index is 2.53. The summed E-state index contributed by atoms with van der Waals surface area (Å²) in [5, 5.41) is 0. The van der Waals surface area contributed by atoms with Crippen molar-refractivity contribution in [2.45, 2.75) is 33.8 Å². The monoisotopic (exact) mass is 192 g/mol. The van der Waals surface area contributed by atoms with Crippen molar-refractivity contribution < 1.29 is 4.74 Å².